The van der Waals surface area contributed by atoms with Gasteiger partial charge < -0.3 is 10.1 Å². The third kappa shape index (κ3) is 3.36. The highest BCUT2D eigenvalue weighted by Gasteiger charge is 2.30. The number of rotatable bonds is 3. The van der Waals surface area contributed by atoms with Crippen LogP contribution in [0, 0.1) is 3.57 Å². The lowest BCUT2D eigenvalue weighted by atomic mass is 10.0. The molecule has 1 aromatic rings. The fraction of sp³-hybridized carbons (Fsp3) is 0.462. The first-order valence-electron chi connectivity index (χ1n) is 5.87. The number of nitrogens with one attached hydrogen (secondary N) is 1. The molecule has 3 nitrogen and oxygen atoms in total. The second-order valence-electron chi connectivity index (χ2n) is 4.71. The molecule has 0 saturated carbocycles. The lowest BCUT2D eigenvalue weighted by Crippen LogP contribution is -2.40. The van der Waals surface area contributed by atoms with E-state index in [1.807, 2.05) is 13.0 Å². The van der Waals surface area contributed by atoms with Crippen molar-refractivity contribution >= 4 is 40.1 Å². The Hall–Kier alpha value is -0.330. The summed E-state index contributed by atoms with van der Waals surface area (Å²) in [5, 5.41) is 3.51. The molecule has 0 aliphatic carbocycles. The maximum atomic E-state index is 12.0. The van der Waals surface area contributed by atoms with Crippen LogP contribution in [-0.4, -0.2) is 24.7 Å². The van der Waals surface area contributed by atoms with Crippen molar-refractivity contribution in [1.82, 2.24) is 5.32 Å². The number of carbonyl (C=O) groups excluding carboxylic acids is 1. The highest BCUT2D eigenvalue weighted by Crippen LogP contribution is 2.24. The van der Waals surface area contributed by atoms with E-state index in [2.05, 4.69) is 27.9 Å². The van der Waals surface area contributed by atoms with Gasteiger partial charge in [-0.05, 0) is 60.6 Å². The summed E-state index contributed by atoms with van der Waals surface area (Å²) >= 11 is 8.14. The van der Waals surface area contributed by atoms with Gasteiger partial charge >= 0.3 is 0 Å². The Morgan fingerprint density at radius 2 is 2.39 bits per heavy atom. The third-order valence-corrected chi connectivity index (χ3v) is 4.68. The van der Waals surface area contributed by atoms with Gasteiger partial charge in [-0.25, -0.2) is 0 Å². The first-order valence-corrected chi connectivity index (χ1v) is 7.33. The number of carbonyl (C=O) groups is 1. The average Bonchev–Trinajstić information content (AvgIpc) is 2.77. The van der Waals surface area contributed by atoms with Gasteiger partial charge in [-0.15, -0.1) is 0 Å². The topological polar surface area (TPSA) is 38.3 Å². The standard InChI is InChI=1S/C13H15ClINO2/c1-13(5-2-6-18-13)8-16-12(17)9-3-4-11(15)10(14)7-9/h3-4,7H,2,5-6,8H2,1H3,(H,16,17). The Labute approximate surface area is 125 Å². The molecule has 98 valence electrons. The molecule has 0 spiro atoms. The van der Waals surface area contributed by atoms with Gasteiger partial charge in [0.05, 0.1) is 10.6 Å². The van der Waals surface area contributed by atoms with Crippen LogP contribution in [0.5, 0.6) is 0 Å². The Morgan fingerprint density at radius 3 is 3.00 bits per heavy atom. The number of amides is 1. The summed E-state index contributed by atoms with van der Waals surface area (Å²) in [7, 11) is 0. The maximum Gasteiger partial charge on any atom is 0.251 e. The van der Waals surface area contributed by atoms with E-state index in [4.69, 9.17) is 16.3 Å². The molecule has 1 aromatic carbocycles. The quantitative estimate of drug-likeness (QED) is 0.819. The van der Waals surface area contributed by atoms with Crippen LogP contribution < -0.4 is 5.32 Å². The molecule has 1 aliphatic rings. The molecule has 0 aromatic heterocycles. The van der Waals surface area contributed by atoms with Gasteiger partial charge in [0.1, 0.15) is 0 Å². The maximum absolute atomic E-state index is 12.0. The predicted molar refractivity (Wildman–Crippen MR) is 80.1 cm³/mol. The second kappa shape index (κ2) is 5.75. The molecule has 1 saturated heterocycles. The second-order valence-corrected chi connectivity index (χ2v) is 6.28. The molecule has 1 aliphatic heterocycles. The summed E-state index contributed by atoms with van der Waals surface area (Å²) in [6.07, 6.45) is 2.04. The lowest BCUT2D eigenvalue weighted by Gasteiger charge is -2.23. The molecule has 1 unspecified atom stereocenters. The molecule has 1 atom stereocenters. The minimum atomic E-state index is -0.220. The van der Waals surface area contributed by atoms with E-state index >= 15 is 0 Å². The van der Waals surface area contributed by atoms with Gasteiger partial charge in [0.25, 0.3) is 5.91 Å². The molecular weight excluding hydrogens is 365 g/mol. The molecule has 0 radical (unpaired) electrons. The highest BCUT2D eigenvalue weighted by molar-refractivity contribution is 14.1. The van der Waals surface area contributed by atoms with Crippen LogP contribution in [0.2, 0.25) is 5.02 Å². The first-order chi connectivity index (χ1) is 8.50. The van der Waals surface area contributed by atoms with Crippen molar-refractivity contribution in [3.8, 4) is 0 Å². The molecule has 2 rings (SSSR count). The van der Waals surface area contributed by atoms with E-state index in [-0.39, 0.29) is 11.5 Å². The molecular formula is C13H15ClINO2. The van der Waals surface area contributed by atoms with Crippen LogP contribution in [0.1, 0.15) is 30.1 Å². The number of ether oxygens (including phenoxy) is 1. The predicted octanol–water partition coefficient (Wildman–Crippen LogP) is 3.24. The number of hydrogen-bond donors (Lipinski definition) is 1. The van der Waals surface area contributed by atoms with E-state index in [0.29, 0.717) is 17.1 Å². The van der Waals surface area contributed by atoms with Crippen molar-refractivity contribution in [3.63, 3.8) is 0 Å². The smallest absolute Gasteiger partial charge is 0.251 e. The van der Waals surface area contributed by atoms with Crippen LogP contribution in [0.3, 0.4) is 0 Å². The van der Waals surface area contributed by atoms with Gasteiger partial charge in [-0.3, -0.25) is 4.79 Å². The van der Waals surface area contributed by atoms with Gasteiger partial charge in [0.15, 0.2) is 0 Å². The fourth-order valence-electron chi connectivity index (χ4n) is 1.98. The largest absolute Gasteiger partial charge is 0.373 e. The molecule has 0 bridgehead atoms. The van der Waals surface area contributed by atoms with Gasteiger partial charge in [0, 0.05) is 22.3 Å². The van der Waals surface area contributed by atoms with Crippen molar-refractivity contribution in [2.24, 2.45) is 0 Å². The van der Waals surface area contributed by atoms with E-state index in [1.54, 1.807) is 12.1 Å². The van der Waals surface area contributed by atoms with Crippen LogP contribution >= 0.6 is 34.2 Å². The summed E-state index contributed by atoms with van der Waals surface area (Å²) in [6.45, 7) is 3.35. The Morgan fingerprint density at radius 1 is 1.61 bits per heavy atom. The zero-order valence-corrected chi connectivity index (χ0v) is 13.0. The lowest BCUT2D eigenvalue weighted by molar-refractivity contribution is 0.0206. The Balaban J connectivity index is 1.97. The molecule has 1 heterocycles. The van der Waals surface area contributed by atoms with Crippen LogP contribution in [-0.2, 0) is 4.74 Å². The van der Waals surface area contributed by atoms with Crippen LogP contribution in [0.4, 0.5) is 0 Å². The SMILES string of the molecule is CC1(CNC(=O)c2ccc(I)c(Cl)c2)CCCO1. The third-order valence-electron chi connectivity index (χ3n) is 3.11. The number of halogens is 2. The minimum absolute atomic E-state index is 0.106. The summed E-state index contributed by atoms with van der Waals surface area (Å²) in [5.74, 6) is -0.106. The zero-order valence-electron chi connectivity index (χ0n) is 10.1. The van der Waals surface area contributed by atoms with Crippen molar-refractivity contribution in [2.75, 3.05) is 13.2 Å². The van der Waals surface area contributed by atoms with Crippen molar-refractivity contribution in [2.45, 2.75) is 25.4 Å². The van der Waals surface area contributed by atoms with Crippen LogP contribution in [0.25, 0.3) is 0 Å². The van der Waals surface area contributed by atoms with Crippen molar-refractivity contribution < 1.29 is 9.53 Å². The minimum Gasteiger partial charge on any atom is -0.373 e. The van der Waals surface area contributed by atoms with E-state index < -0.39 is 0 Å². The van der Waals surface area contributed by atoms with Crippen molar-refractivity contribution in [1.29, 1.82) is 0 Å². The summed E-state index contributed by atoms with van der Waals surface area (Å²) in [6, 6.07) is 5.31. The number of hydrogen-bond acceptors (Lipinski definition) is 2. The molecule has 1 amide bonds. The van der Waals surface area contributed by atoms with Gasteiger partial charge in [-0.2, -0.15) is 0 Å². The van der Waals surface area contributed by atoms with E-state index in [0.717, 1.165) is 23.0 Å². The van der Waals surface area contributed by atoms with Crippen molar-refractivity contribution in [3.05, 3.63) is 32.4 Å². The normalized spacial score (nSPS) is 23.1. The van der Waals surface area contributed by atoms with E-state index in [9.17, 15) is 4.79 Å². The summed E-state index contributed by atoms with van der Waals surface area (Å²) in [4.78, 5) is 12.0. The highest BCUT2D eigenvalue weighted by atomic mass is 127. The molecule has 18 heavy (non-hydrogen) atoms. The molecule has 1 N–H and O–H groups in total. The summed E-state index contributed by atoms with van der Waals surface area (Å²) < 4.78 is 6.57. The number of benzene rings is 1. The molecule has 1 fully saturated rings. The fourth-order valence-corrected chi connectivity index (χ4v) is 2.50. The van der Waals surface area contributed by atoms with Crippen LogP contribution in [0.15, 0.2) is 18.2 Å². The average molecular weight is 380 g/mol. The van der Waals surface area contributed by atoms with Gasteiger partial charge in [-0.1, -0.05) is 11.6 Å². The first kappa shape index (κ1) is 14.1. The van der Waals surface area contributed by atoms with Gasteiger partial charge in [0.2, 0.25) is 0 Å². The summed E-state index contributed by atoms with van der Waals surface area (Å²) in [5.41, 5.74) is 0.366. The Bertz CT molecular complexity index is 458. The van der Waals surface area contributed by atoms with E-state index in [1.165, 1.54) is 0 Å². The Kier molecular flexibility index (Phi) is 4.50. The molecule has 5 heteroatoms. The zero-order chi connectivity index (χ0) is 13.2. The monoisotopic (exact) mass is 379 g/mol.